The highest BCUT2D eigenvalue weighted by atomic mass is 15.3. The molecule has 0 aliphatic rings. The lowest BCUT2D eigenvalue weighted by Crippen LogP contribution is -2.00. The van der Waals surface area contributed by atoms with Crippen LogP contribution in [0.25, 0.3) is 22.1 Å². The molecule has 27 heavy (non-hydrogen) atoms. The molecule has 8 nitrogen and oxygen atoms in total. The van der Waals surface area contributed by atoms with E-state index in [0.717, 1.165) is 27.5 Å². The second kappa shape index (κ2) is 6.17. The number of nitrogens with one attached hydrogen (secondary N) is 1. The van der Waals surface area contributed by atoms with Gasteiger partial charge in [-0.1, -0.05) is 17.3 Å². The lowest BCUT2D eigenvalue weighted by atomic mass is 10.1. The third kappa shape index (κ3) is 2.97. The highest BCUT2D eigenvalue weighted by Gasteiger charge is 2.10. The summed E-state index contributed by atoms with van der Waals surface area (Å²) in [6.45, 7) is 0.697. The van der Waals surface area contributed by atoms with Crippen LogP contribution in [0.1, 0.15) is 16.7 Å². The minimum Gasteiger partial charge on any atom is -0.384 e. The van der Waals surface area contributed by atoms with Crippen LogP contribution < -0.4 is 5.73 Å². The highest BCUT2D eigenvalue weighted by Crippen LogP contribution is 2.19. The van der Waals surface area contributed by atoms with Crippen molar-refractivity contribution >= 4 is 27.9 Å². The van der Waals surface area contributed by atoms with Gasteiger partial charge in [0.25, 0.3) is 0 Å². The summed E-state index contributed by atoms with van der Waals surface area (Å²) in [6.07, 6.45) is 6.37. The minimum absolute atomic E-state index is 0.445. The average molecular weight is 356 g/mol. The molecule has 1 aromatic carbocycles. The Morgan fingerprint density at radius 2 is 2.07 bits per heavy atom. The van der Waals surface area contributed by atoms with E-state index in [0.29, 0.717) is 24.4 Å². The van der Waals surface area contributed by atoms with E-state index in [9.17, 15) is 0 Å². The molecule has 0 aliphatic heterocycles. The maximum absolute atomic E-state index is 5.88. The Morgan fingerprint density at radius 3 is 3.04 bits per heavy atom. The number of aromatic nitrogens is 7. The summed E-state index contributed by atoms with van der Waals surface area (Å²) < 4.78 is 1.93. The topological polar surface area (TPSA) is 111 Å². The SMILES string of the molecule is Nc1cc(Cc2cnn(Cc3ccc4ncccc4c3)c2)c2nn[nH]c2n1. The van der Waals surface area contributed by atoms with Crippen molar-refractivity contribution in [3.05, 3.63) is 71.7 Å². The van der Waals surface area contributed by atoms with Gasteiger partial charge in [-0.2, -0.15) is 5.10 Å². The quantitative estimate of drug-likeness (QED) is 0.511. The normalized spacial score (nSPS) is 11.4. The number of rotatable bonds is 4. The van der Waals surface area contributed by atoms with Gasteiger partial charge in [-0.3, -0.25) is 9.67 Å². The molecular formula is C19H16N8. The molecule has 0 radical (unpaired) electrons. The number of H-pyrrole nitrogens is 1. The van der Waals surface area contributed by atoms with Gasteiger partial charge in [0, 0.05) is 24.2 Å². The van der Waals surface area contributed by atoms with Crippen molar-refractivity contribution in [1.82, 2.24) is 35.2 Å². The molecule has 4 heterocycles. The zero-order valence-corrected chi connectivity index (χ0v) is 14.4. The molecule has 0 fully saturated rings. The molecule has 0 atom stereocenters. The minimum atomic E-state index is 0.445. The number of nitrogens with two attached hydrogens (primary N) is 1. The zero-order valence-electron chi connectivity index (χ0n) is 14.4. The average Bonchev–Trinajstić information content (AvgIpc) is 3.31. The summed E-state index contributed by atoms with van der Waals surface area (Å²) in [4.78, 5) is 8.55. The van der Waals surface area contributed by atoms with E-state index in [1.54, 1.807) is 6.20 Å². The van der Waals surface area contributed by atoms with Crippen LogP contribution in [0.5, 0.6) is 0 Å². The van der Waals surface area contributed by atoms with Gasteiger partial charge in [-0.05, 0) is 41.0 Å². The maximum atomic E-state index is 5.88. The largest absolute Gasteiger partial charge is 0.384 e. The Hall–Kier alpha value is -3.81. The van der Waals surface area contributed by atoms with Crippen LogP contribution >= 0.6 is 0 Å². The summed E-state index contributed by atoms with van der Waals surface area (Å²) >= 11 is 0. The van der Waals surface area contributed by atoms with Crippen molar-refractivity contribution in [1.29, 1.82) is 0 Å². The number of fused-ring (bicyclic) bond motifs is 2. The van der Waals surface area contributed by atoms with Crippen LogP contribution in [0.2, 0.25) is 0 Å². The van der Waals surface area contributed by atoms with Crippen LogP contribution in [0, 0.1) is 0 Å². The van der Waals surface area contributed by atoms with Crippen LogP contribution in [0.4, 0.5) is 5.82 Å². The fourth-order valence-electron chi connectivity index (χ4n) is 3.27. The number of nitrogen functional groups attached to an aromatic ring is 1. The van der Waals surface area contributed by atoms with E-state index in [1.807, 2.05) is 35.3 Å². The number of nitrogens with zero attached hydrogens (tertiary/aromatic N) is 6. The molecule has 0 saturated carbocycles. The van der Waals surface area contributed by atoms with Gasteiger partial charge < -0.3 is 5.73 Å². The Balaban J connectivity index is 1.39. The zero-order chi connectivity index (χ0) is 18.2. The number of pyridine rings is 2. The predicted octanol–water partition coefficient (Wildman–Crippen LogP) is 2.32. The van der Waals surface area contributed by atoms with Crippen LogP contribution in [0.15, 0.2) is 55.0 Å². The first kappa shape index (κ1) is 15.4. The van der Waals surface area contributed by atoms with Gasteiger partial charge in [0.2, 0.25) is 0 Å². The monoisotopic (exact) mass is 356 g/mol. The van der Waals surface area contributed by atoms with E-state index in [-0.39, 0.29) is 0 Å². The summed E-state index contributed by atoms with van der Waals surface area (Å²) in [5, 5.41) is 16.3. The van der Waals surface area contributed by atoms with E-state index in [2.05, 4.69) is 48.7 Å². The number of hydrogen-bond acceptors (Lipinski definition) is 6. The first-order valence-corrected chi connectivity index (χ1v) is 8.56. The maximum Gasteiger partial charge on any atom is 0.178 e. The predicted molar refractivity (Wildman–Crippen MR) is 102 cm³/mol. The van der Waals surface area contributed by atoms with Crippen molar-refractivity contribution in [3.8, 4) is 0 Å². The van der Waals surface area contributed by atoms with Crippen molar-refractivity contribution in [2.75, 3.05) is 5.73 Å². The number of benzene rings is 1. The number of aromatic amines is 1. The molecule has 0 amide bonds. The molecule has 0 unspecified atom stereocenters. The Bertz CT molecular complexity index is 1250. The summed E-state index contributed by atoms with van der Waals surface area (Å²) in [5.41, 5.74) is 11.4. The lowest BCUT2D eigenvalue weighted by Gasteiger charge is -2.04. The molecule has 5 aromatic rings. The second-order valence-corrected chi connectivity index (χ2v) is 6.47. The molecule has 3 N–H and O–H groups in total. The first-order chi connectivity index (χ1) is 13.2. The number of anilines is 1. The first-order valence-electron chi connectivity index (χ1n) is 8.56. The van der Waals surface area contributed by atoms with E-state index >= 15 is 0 Å². The molecule has 0 spiro atoms. The van der Waals surface area contributed by atoms with E-state index in [1.165, 1.54) is 5.56 Å². The molecule has 8 heteroatoms. The van der Waals surface area contributed by atoms with Crippen molar-refractivity contribution in [2.24, 2.45) is 0 Å². The van der Waals surface area contributed by atoms with Gasteiger partial charge in [0.05, 0.1) is 18.3 Å². The standard InChI is InChI=1S/C19H16N8/c20-17-8-15(18-19(23-17)25-26-24-18)7-13-9-22-27(11-13)10-12-3-4-16-14(6-12)2-1-5-21-16/h1-6,8-9,11H,7,10H2,(H3,20,23,24,25,26). The second-order valence-electron chi connectivity index (χ2n) is 6.47. The molecule has 0 saturated heterocycles. The number of hydrogen-bond donors (Lipinski definition) is 2. The molecule has 0 bridgehead atoms. The third-order valence-electron chi connectivity index (χ3n) is 4.49. The van der Waals surface area contributed by atoms with Gasteiger partial charge >= 0.3 is 0 Å². The van der Waals surface area contributed by atoms with Crippen molar-refractivity contribution in [2.45, 2.75) is 13.0 Å². The fraction of sp³-hybridized carbons (Fsp3) is 0.105. The van der Waals surface area contributed by atoms with E-state index < -0.39 is 0 Å². The smallest absolute Gasteiger partial charge is 0.178 e. The highest BCUT2D eigenvalue weighted by molar-refractivity contribution is 5.79. The fourth-order valence-corrected chi connectivity index (χ4v) is 3.27. The Labute approximate surface area is 154 Å². The molecule has 4 aromatic heterocycles. The van der Waals surface area contributed by atoms with E-state index in [4.69, 9.17) is 5.73 Å². The van der Waals surface area contributed by atoms with Gasteiger partial charge in [0.1, 0.15) is 11.3 Å². The van der Waals surface area contributed by atoms with Crippen LogP contribution in [-0.4, -0.2) is 35.2 Å². The molecule has 0 aliphatic carbocycles. The Kier molecular flexibility index (Phi) is 3.53. The molecule has 5 rings (SSSR count). The third-order valence-corrected chi connectivity index (χ3v) is 4.49. The molecular weight excluding hydrogens is 340 g/mol. The van der Waals surface area contributed by atoms with Gasteiger partial charge in [-0.25, -0.2) is 10.1 Å². The lowest BCUT2D eigenvalue weighted by molar-refractivity contribution is 0.687. The summed E-state index contributed by atoms with van der Waals surface area (Å²) in [7, 11) is 0. The summed E-state index contributed by atoms with van der Waals surface area (Å²) in [6, 6.07) is 12.1. The van der Waals surface area contributed by atoms with Gasteiger partial charge in [-0.15, -0.1) is 5.10 Å². The molecule has 132 valence electrons. The van der Waals surface area contributed by atoms with Crippen molar-refractivity contribution in [3.63, 3.8) is 0 Å². The van der Waals surface area contributed by atoms with Crippen molar-refractivity contribution < 1.29 is 0 Å². The van der Waals surface area contributed by atoms with Crippen LogP contribution in [-0.2, 0) is 13.0 Å². The Morgan fingerprint density at radius 1 is 1.11 bits per heavy atom. The van der Waals surface area contributed by atoms with Gasteiger partial charge in [0.15, 0.2) is 5.65 Å². The summed E-state index contributed by atoms with van der Waals surface area (Å²) in [5.74, 6) is 0.445. The van der Waals surface area contributed by atoms with Crippen LogP contribution in [0.3, 0.4) is 0 Å².